The molecule has 21 heavy (non-hydrogen) atoms. The van der Waals surface area contributed by atoms with E-state index in [9.17, 15) is 4.79 Å². The molecule has 0 spiro atoms. The van der Waals surface area contributed by atoms with E-state index in [1.165, 1.54) is 0 Å². The summed E-state index contributed by atoms with van der Waals surface area (Å²) in [7, 11) is 1.60. The third-order valence-electron chi connectivity index (χ3n) is 3.08. The molecule has 0 aliphatic rings. The number of carbonyl (C=O) groups is 1. The molecule has 6 heteroatoms. The number of methoxy groups -OCH3 is 1. The molecule has 4 nitrogen and oxygen atoms in total. The Morgan fingerprint density at radius 1 is 1.29 bits per heavy atom. The molecule has 1 aromatic rings. The molecule has 0 atom stereocenters. The van der Waals surface area contributed by atoms with Gasteiger partial charge in [-0.15, -0.1) is 12.4 Å². The maximum Gasteiger partial charge on any atom is 0.220 e. The lowest BCUT2D eigenvalue weighted by atomic mass is 10.1. The zero-order valence-electron chi connectivity index (χ0n) is 12.4. The monoisotopic (exact) mass is 334 g/mol. The van der Waals surface area contributed by atoms with E-state index < -0.39 is 0 Å². The van der Waals surface area contributed by atoms with Crippen LogP contribution in [0.5, 0.6) is 5.75 Å². The summed E-state index contributed by atoms with van der Waals surface area (Å²) < 4.78 is 5.24. The second-order valence-electron chi connectivity index (χ2n) is 4.69. The lowest BCUT2D eigenvalue weighted by molar-refractivity contribution is -0.121. The first kappa shape index (κ1) is 20.0. The summed E-state index contributed by atoms with van der Waals surface area (Å²) in [6, 6.07) is 5.38. The lowest BCUT2D eigenvalue weighted by Crippen LogP contribution is -2.22. The fourth-order valence-electron chi connectivity index (χ4n) is 1.95. The van der Waals surface area contributed by atoms with Gasteiger partial charge in [-0.1, -0.05) is 24.4 Å². The van der Waals surface area contributed by atoms with Crippen LogP contribution >= 0.6 is 24.0 Å². The number of halogens is 2. The van der Waals surface area contributed by atoms with Crippen molar-refractivity contribution in [1.82, 2.24) is 5.32 Å². The minimum atomic E-state index is 0. The van der Waals surface area contributed by atoms with Gasteiger partial charge in [-0.05, 0) is 37.6 Å². The first-order valence-electron chi connectivity index (χ1n) is 6.96. The molecule has 0 saturated heterocycles. The first-order valence-corrected chi connectivity index (χ1v) is 7.34. The number of hydrogen-bond donors (Lipinski definition) is 2. The van der Waals surface area contributed by atoms with Crippen molar-refractivity contribution in [3.8, 4) is 5.75 Å². The van der Waals surface area contributed by atoms with Gasteiger partial charge in [-0.2, -0.15) is 0 Å². The van der Waals surface area contributed by atoms with Crippen molar-refractivity contribution in [2.75, 3.05) is 13.7 Å². The van der Waals surface area contributed by atoms with E-state index in [0.29, 0.717) is 18.0 Å². The van der Waals surface area contributed by atoms with Gasteiger partial charge in [0, 0.05) is 23.6 Å². The Bertz CT molecular complexity index is 428. The van der Waals surface area contributed by atoms with Crippen LogP contribution in [0.15, 0.2) is 18.2 Å². The minimum absolute atomic E-state index is 0. The second kappa shape index (κ2) is 11.7. The quantitative estimate of drug-likeness (QED) is 0.681. The highest BCUT2D eigenvalue weighted by Crippen LogP contribution is 2.22. The Morgan fingerprint density at radius 3 is 2.67 bits per heavy atom. The van der Waals surface area contributed by atoms with Crippen molar-refractivity contribution in [3.05, 3.63) is 28.8 Å². The van der Waals surface area contributed by atoms with Crippen molar-refractivity contribution in [1.29, 1.82) is 0 Å². The van der Waals surface area contributed by atoms with Crippen LogP contribution in [-0.2, 0) is 11.3 Å². The van der Waals surface area contributed by atoms with Gasteiger partial charge in [0.15, 0.2) is 0 Å². The second-order valence-corrected chi connectivity index (χ2v) is 5.12. The number of rotatable bonds is 9. The topological polar surface area (TPSA) is 64.3 Å². The summed E-state index contributed by atoms with van der Waals surface area (Å²) >= 11 is 5.94. The third kappa shape index (κ3) is 8.15. The van der Waals surface area contributed by atoms with E-state index in [1.54, 1.807) is 19.2 Å². The maximum atomic E-state index is 11.7. The normalized spacial score (nSPS) is 9.86. The molecule has 0 radical (unpaired) electrons. The highest BCUT2D eigenvalue weighted by molar-refractivity contribution is 6.30. The fourth-order valence-corrected chi connectivity index (χ4v) is 2.15. The van der Waals surface area contributed by atoms with E-state index in [1.807, 2.05) is 6.07 Å². The van der Waals surface area contributed by atoms with Crippen LogP contribution in [0.4, 0.5) is 0 Å². The van der Waals surface area contributed by atoms with E-state index in [0.717, 1.165) is 43.5 Å². The third-order valence-corrected chi connectivity index (χ3v) is 3.31. The SMILES string of the molecule is COc1ccc(Cl)cc1CNC(=O)CCCCCCN.Cl. The lowest BCUT2D eigenvalue weighted by Gasteiger charge is -2.10. The zero-order valence-corrected chi connectivity index (χ0v) is 13.9. The minimum Gasteiger partial charge on any atom is -0.496 e. The van der Waals surface area contributed by atoms with Crippen LogP contribution in [0.1, 0.15) is 37.7 Å². The summed E-state index contributed by atoms with van der Waals surface area (Å²) in [6.07, 6.45) is 4.62. The molecule has 1 rings (SSSR count). The Labute approximate surface area is 137 Å². The van der Waals surface area contributed by atoms with E-state index in [2.05, 4.69) is 5.32 Å². The molecule has 0 fully saturated rings. The van der Waals surface area contributed by atoms with E-state index >= 15 is 0 Å². The molecule has 0 saturated carbocycles. The number of ether oxygens (including phenoxy) is 1. The molecule has 0 unspecified atom stereocenters. The summed E-state index contributed by atoms with van der Waals surface area (Å²) in [5, 5.41) is 3.53. The van der Waals surface area contributed by atoms with Crippen LogP contribution in [-0.4, -0.2) is 19.6 Å². The largest absolute Gasteiger partial charge is 0.496 e. The molecule has 0 aliphatic heterocycles. The van der Waals surface area contributed by atoms with Gasteiger partial charge in [-0.25, -0.2) is 0 Å². The van der Waals surface area contributed by atoms with E-state index in [4.69, 9.17) is 22.1 Å². The Morgan fingerprint density at radius 2 is 2.00 bits per heavy atom. The van der Waals surface area contributed by atoms with E-state index in [-0.39, 0.29) is 18.3 Å². The van der Waals surface area contributed by atoms with Gasteiger partial charge in [0.25, 0.3) is 0 Å². The number of hydrogen-bond acceptors (Lipinski definition) is 3. The van der Waals surface area contributed by atoms with Crippen LogP contribution in [0.3, 0.4) is 0 Å². The number of amides is 1. The van der Waals surface area contributed by atoms with Gasteiger partial charge >= 0.3 is 0 Å². The molecule has 120 valence electrons. The molecular weight excluding hydrogens is 311 g/mol. The number of nitrogens with two attached hydrogens (primary N) is 1. The Balaban J connectivity index is 0.00000400. The van der Waals surface area contributed by atoms with Crippen molar-refractivity contribution in [2.45, 2.75) is 38.6 Å². The predicted octanol–water partition coefficient (Wildman–Crippen LogP) is 3.30. The van der Waals surface area contributed by atoms with Crippen LogP contribution in [0, 0.1) is 0 Å². The van der Waals surface area contributed by atoms with Gasteiger partial charge in [-0.3, -0.25) is 4.79 Å². The molecular formula is C15H24Cl2N2O2. The van der Waals surface area contributed by atoms with Gasteiger partial charge < -0.3 is 15.8 Å². The first-order chi connectivity index (χ1) is 9.67. The molecule has 3 N–H and O–H groups in total. The number of nitrogens with one attached hydrogen (secondary N) is 1. The number of carbonyl (C=O) groups excluding carboxylic acids is 1. The van der Waals surface area contributed by atoms with Crippen molar-refractivity contribution in [3.63, 3.8) is 0 Å². The Hall–Kier alpha value is -0.970. The predicted molar refractivity (Wildman–Crippen MR) is 89.2 cm³/mol. The van der Waals surface area contributed by atoms with Crippen molar-refractivity contribution in [2.24, 2.45) is 5.73 Å². The Kier molecular flexibility index (Phi) is 11.1. The summed E-state index contributed by atoms with van der Waals surface area (Å²) in [5.41, 5.74) is 6.31. The summed E-state index contributed by atoms with van der Waals surface area (Å²) in [5.74, 6) is 0.789. The number of benzene rings is 1. The van der Waals surface area contributed by atoms with Crippen LogP contribution < -0.4 is 15.8 Å². The van der Waals surface area contributed by atoms with Gasteiger partial charge in [0.1, 0.15) is 5.75 Å². The highest BCUT2D eigenvalue weighted by Gasteiger charge is 2.06. The van der Waals surface area contributed by atoms with Gasteiger partial charge in [0.2, 0.25) is 5.91 Å². The molecule has 0 bridgehead atoms. The maximum absolute atomic E-state index is 11.7. The molecule has 1 aromatic carbocycles. The average molecular weight is 335 g/mol. The van der Waals surface area contributed by atoms with Crippen molar-refractivity contribution >= 4 is 29.9 Å². The summed E-state index contributed by atoms with van der Waals surface area (Å²) in [6.45, 7) is 1.16. The molecule has 1 amide bonds. The highest BCUT2D eigenvalue weighted by atomic mass is 35.5. The number of unbranched alkanes of at least 4 members (excludes halogenated alkanes) is 3. The van der Waals surface area contributed by atoms with Gasteiger partial charge in [0.05, 0.1) is 7.11 Å². The molecule has 0 aliphatic carbocycles. The standard InChI is InChI=1S/C15H23ClN2O2.ClH/c1-20-14-8-7-13(16)10-12(14)11-18-15(19)6-4-2-3-5-9-17;/h7-8,10H,2-6,9,11,17H2,1H3,(H,18,19);1H. The molecule has 0 aromatic heterocycles. The zero-order chi connectivity index (χ0) is 14.8. The molecule has 0 heterocycles. The average Bonchev–Trinajstić information content (AvgIpc) is 2.45. The van der Waals surface area contributed by atoms with Crippen molar-refractivity contribution < 1.29 is 9.53 Å². The van der Waals surface area contributed by atoms with Crippen LogP contribution in [0.2, 0.25) is 5.02 Å². The fraction of sp³-hybridized carbons (Fsp3) is 0.533. The smallest absolute Gasteiger partial charge is 0.220 e. The summed E-state index contributed by atoms with van der Waals surface area (Å²) in [4.78, 5) is 11.7. The van der Waals surface area contributed by atoms with Crippen LogP contribution in [0.25, 0.3) is 0 Å².